The number of aromatic hydroxyl groups is 1. The van der Waals surface area contributed by atoms with Crippen molar-refractivity contribution in [1.29, 1.82) is 0 Å². The number of rotatable bonds is 31. The summed E-state index contributed by atoms with van der Waals surface area (Å²) in [5.74, 6) is -3.00. The molecule has 54 heavy (non-hydrogen) atoms. The van der Waals surface area contributed by atoms with Crippen LogP contribution in [0, 0.1) is 0 Å². The molecule has 1 rings (SSSR count). The Bertz CT molecular complexity index is 1260. The number of hydrogen-bond donors (Lipinski definition) is 7. The van der Waals surface area contributed by atoms with E-state index in [0.717, 1.165) is 25.7 Å². The Morgan fingerprint density at radius 2 is 1.09 bits per heavy atom. The number of phenolic OH excluding ortho intramolecular Hbond substituents is 1. The molecule has 0 aliphatic carbocycles. The molecule has 0 aliphatic rings. The van der Waals surface area contributed by atoms with Crippen LogP contribution in [-0.4, -0.2) is 82.9 Å². The number of carbonyl (C=O) groups excluding carboxylic acids is 6. The van der Waals surface area contributed by atoms with Crippen LogP contribution in [0.25, 0.3) is 0 Å². The van der Waals surface area contributed by atoms with Crippen molar-refractivity contribution < 1.29 is 39.0 Å². The van der Waals surface area contributed by atoms with Gasteiger partial charge in [0, 0.05) is 25.8 Å². The van der Waals surface area contributed by atoms with E-state index in [1.807, 2.05) is 6.92 Å². The molecule has 1 unspecified atom stereocenters. The minimum Gasteiger partial charge on any atom is -0.508 e. The number of phenols is 1. The Morgan fingerprint density at radius 3 is 1.63 bits per heavy atom. The molecule has 1 aromatic carbocycles. The summed E-state index contributed by atoms with van der Waals surface area (Å²) in [4.78, 5) is 76.4. The molecule has 0 heterocycles. The summed E-state index contributed by atoms with van der Waals surface area (Å²) >= 11 is 0. The fourth-order valence-corrected chi connectivity index (χ4v) is 5.98. The van der Waals surface area contributed by atoms with Crippen molar-refractivity contribution in [3.05, 3.63) is 29.8 Å². The van der Waals surface area contributed by atoms with E-state index in [-0.39, 0.29) is 36.8 Å². The summed E-state index contributed by atoms with van der Waals surface area (Å²) in [6.07, 6.45) is 18.2. The third-order valence-electron chi connectivity index (χ3n) is 9.43. The molecule has 0 spiro atoms. The lowest BCUT2D eigenvalue weighted by molar-refractivity contribution is -0.134. The molecule has 0 aromatic heterocycles. The molecule has 1 aromatic rings. The first kappa shape index (κ1) is 48.0. The second-order valence-corrected chi connectivity index (χ2v) is 14.4. The number of carbonyl (C=O) groups is 6. The first-order valence-electron chi connectivity index (χ1n) is 20.3. The number of benzene rings is 1. The van der Waals surface area contributed by atoms with Crippen molar-refractivity contribution in [2.45, 2.75) is 174 Å². The maximum atomic E-state index is 13.4. The second-order valence-electron chi connectivity index (χ2n) is 14.4. The molecule has 0 saturated carbocycles. The molecule has 0 aliphatic heterocycles. The van der Waals surface area contributed by atoms with Gasteiger partial charge in [0.1, 0.15) is 23.9 Å². The van der Waals surface area contributed by atoms with E-state index >= 15 is 0 Å². The highest BCUT2D eigenvalue weighted by atomic mass is 16.3. The molecule has 0 fully saturated rings. The monoisotopic (exact) mass is 760 g/mol. The number of Topliss-reactive ketones (excluding diaryl/α,β-unsaturated/α-hetero) is 1. The number of aliphatic hydroxyl groups is 1. The summed E-state index contributed by atoms with van der Waals surface area (Å²) in [5, 5.41) is 32.6. The fraction of sp³-hybridized carbons (Fsp3) is 0.707. The quantitative estimate of drug-likeness (QED) is 0.0530. The Hall–Kier alpha value is -4.00. The van der Waals surface area contributed by atoms with Crippen LogP contribution in [0.15, 0.2) is 24.3 Å². The average molecular weight is 760 g/mol. The van der Waals surface area contributed by atoms with Crippen molar-refractivity contribution in [2.24, 2.45) is 0 Å². The van der Waals surface area contributed by atoms with Crippen LogP contribution in [0.5, 0.6) is 5.75 Å². The van der Waals surface area contributed by atoms with Crippen molar-refractivity contribution in [1.82, 2.24) is 26.6 Å². The first-order chi connectivity index (χ1) is 25.9. The molecule has 7 N–H and O–H groups in total. The van der Waals surface area contributed by atoms with Crippen LogP contribution in [0.1, 0.15) is 149 Å². The number of aliphatic hydroxyl groups excluding tert-OH is 1. The van der Waals surface area contributed by atoms with Crippen LogP contribution >= 0.6 is 0 Å². The highest BCUT2D eigenvalue weighted by molar-refractivity contribution is 5.95. The smallest absolute Gasteiger partial charge is 0.245 e. The van der Waals surface area contributed by atoms with Gasteiger partial charge in [-0.25, -0.2) is 0 Å². The van der Waals surface area contributed by atoms with Crippen LogP contribution < -0.4 is 26.6 Å². The molecule has 4 atom stereocenters. The number of unbranched alkanes of at least 4 members (excludes halogenated alkanes) is 13. The zero-order valence-corrected chi connectivity index (χ0v) is 33.3. The largest absolute Gasteiger partial charge is 0.508 e. The van der Waals surface area contributed by atoms with E-state index in [2.05, 4.69) is 33.5 Å². The van der Waals surface area contributed by atoms with Crippen molar-refractivity contribution in [3.63, 3.8) is 0 Å². The summed E-state index contributed by atoms with van der Waals surface area (Å²) in [5.41, 5.74) is 0.584. The summed E-state index contributed by atoms with van der Waals surface area (Å²) in [6, 6.07) is 1.57. The van der Waals surface area contributed by atoms with E-state index in [4.69, 9.17) is 0 Å². The van der Waals surface area contributed by atoms with Gasteiger partial charge in [-0.2, -0.15) is 0 Å². The summed E-state index contributed by atoms with van der Waals surface area (Å²) in [6.45, 7) is 6.37. The molecular weight excluding hydrogens is 690 g/mol. The van der Waals surface area contributed by atoms with Crippen LogP contribution in [0.3, 0.4) is 0 Å². The van der Waals surface area contributed by atoms with E-state index < -0.39 is 54.4 Å². The van der Waals surface area contributed by atoms with Gasteiger partial charge in [-0.3, -0.25) is 28.8 Å². The summed E-state index contributed by atoms with van der Waals surface area (Å²) in [7, 11) is 0. The maximum Gasteiger partial charge on any atom is 0.245 e. The van der Waals surface area contributed by atoms with Gasteiger partial charge in [-0.1, -0.05) is 116 Å². The van der Waals surface area contributed by atoms with E-state index in [1.165, 1.54) is 90.2 Å². The molecule has 13 heteroatoms. The highest BCUT2D eigenvalue weighted by Crippen LogP contribution is 2.14. The molecule has 306 valence electrons. The highest BCUT2D eigenvalue weighted by Gasteiger charge is 2.30. The second kappa shape index (κ2) is 29.4. The predicted octanol–water partition coefficient (Wildman–Crippen LogP) is 4.65. The Balaban J connectivity index is 2.54. The van der Waals surface area contributed by atoms with Gasteiger partial charge in [-0.15, -0.1) is 0 Å². The maximum absolute atomic E-state index is 13.4. The summed E-state index contributed by atoms with van der Waals surface area (Å²) < 4.78 is 0. The van der Waals surface area contributed by atoms with Crippen LogP contribution in [0.2, 0.25) is 0 Å². The molecule has 0 bridgehead atoms. The number of hydrogen-bond acceptors (Lipinski definition) is 8. The SMILES string of the molecule is CCCCCCCCCCCCCCCC(=O)NCCC(=O)NC(C)C(=O)N[C@@H](Cc1ccc(O)cc1)C(=O)N[C@@H](CO)C(=O)N[C@@H](CCCC)C(C)=O. The Labute approximate surface area is 323 Å². The average Bonchev–Trinajstić information content (AvgIpc) is 3.14. The minimum absolute atomic E-state index is 0.0102. The third-order valence-corrected chi connectivity index (χ3v) is 9.43. The lowest BCUT2D eigenvalue weighted by Gasteiger charge is -2.25. The van der Waals surface area contributed by atoms with Gasteiger partial charge in [0.2, 0.25) is 29.5 Å². The fourth-order valence-electron chi connectivity index (χ4n) is 5.98. The van der Waals surface area contributed by atoms with E-state index in [1.54, 1.807) is 12.1 Å². The molecule has 5 amide bonds. The third kappa shape index (κ3) is 22.3. The normalized spacial score (nSPS) is 13.2. The number of nitrogens with one attached hydrogen (secondary N) is 5. The minimum atomic E-state index is -1.39. The molecule has 13 nitrogen and oxygen atoms in total. The first-order valence-corrected chi connectivity index (χ1v) is 20.3. The number of amides is 5. The molecular formula is C41H69N5O8. The van der Waals surface area contributed by atoms with Crippen LogP contribution in [0.4, 0.5) is 0 Å². The van der Waals surface area contributed by atoms with Crippen LogP contribution in [-0.2, 0) is 35.2 Å². The Morgan fingerprint density at radius 1 is 0.593 bits per heavy atom. The lowest BCUT2D eigenvalue weighted by atomic mass is 10.0. The predicted molar refractivity (Wildman–Crippen MR) is 210 cm³/mol. The molecule has 0 saturated heterocycles. The Kier molecular flexibility index (Phi) is 26.1. The van der Waals surface area contributed by atoms with Crippen molar-refractivity contribution >= 4 is 35.3 Å². The van der Waals surface area contributed by atoms with Crippen molar-refractivity contribution in [2.75, 3.05) is 13.2 Å². The van der Waals surface area contributed by atoms with Crippen molar-refractivity contribution in [3.8, 4) is 5.75 Å². The standard InChI is InChI=1S/C41H69N5O8/c1-5-7-9-10-11-12-13-14-15-16-17-18-19-21-37(50)42-27-26-38(51)43-30(3)39(52)45-35(28-32-22-24-33(49)25-23-32)40(53)46-36(29-47)41(54)44-34(31(4)48)20-8-6-2/h22-25,30,34-36,47,49H,5-21,26-29H2,1-4H3,(H,42,50)(H,43,51)(H,44,54)(H,45,52)(H,46,53)/t30?,34-,35-,36-/m0/s1. The van der Waals surface area contributed by atoms with Gasteiger partial charge in [0.15, 0.2) is 5.78 Å². The van der Waals surface area contributed by atoms with E-state index in [0.29, 0.717) is 24.8 Å². The zero-order chi connectivity index (χ0) is 40.1. The van der Waals surface area contributed by atoms with Gasteiger partial charge in [0.05, 0.1) is 12.6 Å². The van der Waals surface area contributed by atoms with Gasteiger partial charge in [-0.05, 0) is 44.4 Å². The van der Waals surface area contributed by atoms with Gasteiger partial charge in [0.25, 0.3) is 0 Å². The van der Waals surface area contributed by atoms with Gasteiger partial charge >= 0.3 is 0 Å². The van der Waals surface area contributed by atoms with Gasteiger partial charge < -0.3 is 36.8 Å². The lowest BCUT2D eigenvalue weighted by Crippen LogP contribution is -2.58. The molecule has 0 radical (unpaired) electrons. The topological polar surface area (TPSA) is 203 Å². The zero-order valence-electron chi connectivity index (χ0n) is 33.3. The number of ketones is 1. The van der Waals surface area contributed by atoms with E-state index in [9.17, 15) is 39.0 Å².